The predicted octanol–water partition coefficient (Wildman–Crippen LogP) is 1.30. The van der Waals surface area contributed by atoms with E-state index in [-0.39, 0.29) is 0 Å². The van der Waals surface area contributed by atoms with Gasteiger partial charge in [-0.05, 0) is 24.1 Å². The monoisotopic (exact) mass is 221 g/mol. The molecule has 0 spiro atoms. The maximum Gasteiger partial charge on any atom is 0.190 e. The Morgan fingerprint density at radius 3 is 2.75 bits per heavy atom. The number of methoxy groups -OCH3 is 1. The van der Waals surface area contributed by atoms with Gasteiger partial charge in [-0.25, -0.2) is 0 Å². The van der Waals surface area contributed by atoms with Crippen LogP contribution in [0.1, 0.15) is 11.1 Å². The van der Waals surface area contributed by atoms with Crippen LogP contribution in [0.15, 0.2) is 23.2 Å². The molecule has 0 amide bonds. The van der Waals surface area contributed by atoms with E-state index in [1.54, 1.807) is 14.2 Å². The second-order valence-corrected chi connectivity index (χ2v) is 3.48. The maximum atomic E-state index is 5.27. The van der Waals surface area contributed by atoms with Gasteiger partial charge in [0.1, 0.15) is 5.75 Å². The topological polar surface area (TPSA) is 45.7 Å². The van der Waals surface area contributed by atoms with Crippen molar-refractivity contribution in [1.29, 1.82) is 0 Å². The molecule has 0 bridgehead atoms. The van der Waals surface area contributed by atoms with E-state index in [2.05, 4.69) is 27.8 Å². The molecule has 1 rings (SSSR count). The molecule has 88 valence electrons. The molecule has 0 radical (unpaired) electrons. The summed E-state index contributed by atoms with van der Waals surface area (Å²) >= 11 is 0. The van der Waals surface area contributed by atoms with Crippen LogP contribution in [0.5, 0.6) is 5.75 Å². The van der Waals surface area contributed by atoms with Gasteiger partial charge in [0.25, 0.3) is 0 Å². The van der Waals surface area contributed by atoms with Gasteiger partial charge in [-0.1, -0.05) is 12.1 Å². The molecule has 0 saturated carbocycles. The SMILES string of the molecule is CN=C(NC)NCc1ccc(C)c(OC)c1. The Labute approximate surface area is 96.7 Å². The highest BCUT2D eigenvalue weighted by atomic mass is 16.5. The molecule has 0 aromatic heterocycles. The second-order valence-electron chi connectivity index (χ2n) is 3.48. The summed E-state index contributed by atoms with van der Waals surface area (Å²) in [7, 11) is 5.27. The number of hydrogen-bond acceptors (Lipinski definition) is 2. The molecule has 0 aliphatic heterocycles. The van der Waals surface area contributed by atoms with E-state index in [9.17, 15) is 0 Å². The third kappa shape index (κ3) is 3.15. The second kappa shape index (κ2) is 6.00. The summed E-state index contributed by atoms with van der Waals surface area (Å²) in [5.74, 6) is 1.69. The molecule has 4 heteroatoms. The van der Waals surface area contributed by atoms with Gasteiger partial charge in [-0.3, -0.25) is 4.99 Å². The quantitative estimate of drug-likeness (QED) is 0.597. The summed E-state index contributed by atoms with van der Waals surface area (Å²) in [5, 5.41) is 6.16. The van der Waals surface area contributed by atoms with Crippen LogP contribution < -0.4 is 15.4 Å². The van der Waals surface area contributed by atoms with Crippen molar-refractivity contribution in [2.75, 3.05) is 21.2 Å². The lowest BCUT2D eigenvalue weighted by molar-refractivity contribution is 0.411. The van der Waals surface area contributed by atoms with Crippen LogP contribution in [0.3, 0.4) is 0 Å². The highest BCUT2D eigenvalue weighted by Gasteiger charge is 2.00. The summed E-state index contributed by atoms with van der Waals surface area (Å²) in [6.45, 7) is 2.76. The van der Waals surface area contributed by atoms with E-state index in [1.807, 2.05) is 20.0 Å². The Hall–Kier alpha value is -1.71. The zero-order valence-electron chi connectivity index (χ0n) is 10.3. The molecule has 1 aromatic carbocycles. The van der Waals surface area contributed by atoms with Gasteiger partial charge in [0, 0.05) is 20.6 Å². The molecule has 0 aliphatic rings. The van der Waals surface area contributed by atoms with Crippen LogP contribution >= 0.6 is 0 Å². The molecular formula is C12H19N3O. The average molecular weight is 221 g/mol. The lowest BCUT2D eigenvalue weighted by atomic mass is 10.1. The lowest BCUT2D eigenvalue weighted by Crippen LogP contribution is -2.34. The van der Waals surface area contributed by atoms with E-state index < -0.39 is 0 Å². The van der Waals surface area contributed by atoms with Crippen molar-refractivity contribution < 1.29 is 4.74 Å². The molecule has 0 unspecified atom stereocenters. The normalized spacial score (nSPS) is 11.1. The van der Waals surface area contributed by atoms with Gasteiger partial charge in [0.15, 0.2) is 5.96 Å². The van der Waals surface area contributed by atoms with Crippen molar-refractivity contribution in [3.8, 4) is 5.75 Å². The zero-order valence-corrected chi connectivity index (χ0v) is 10.3. The minimum absolute atomic E-state index is 0.726. The Morgan fingerprint density at radius 2 is 2.19 bits per heavy atom. The summed E-state index contributed by atoms with van der Waals surface area (Å²) < 4.78 is 5.27. The third-order valence-corrected chi connectivity index (χ3v) is 2.39. The van der Waals surface area contributed by atoms with Crippen molar-refractivity contribution in [1.82, 2.24) is 10.6 Å². The number of ether oxygens (including phenoxy) is 1. The highest BCUT2D eigenvalue weighted by molar-refractivity contribution is 5.79. The number of hydrogen-bond donors (Lipinski definition) is 2. The van der Waals surface area contributed by atoms with E-state index >= 15 is 0 Å². The van der Waals surface area contributed by atoms with Crippen molar-refractivity contribution in [3.05, 3.63) is 29.3 Å². The van der Waals surface area contributed by atoms with Crippen LogP contribution in [0, 0.1) is 6.92 Å². The Kier molecular flexibility index (Phi) is 4.64. The molecule has 4 nitrogen and oxygen atoms in total. The van der Waals surface area contributed by atoms with E-state index in [0.29, 0.717) is 0 Å². The molecular weight excluding hydrogens is 202 g/mol. The van der Waals surface area contributed by atoms with Gasteiger partial charge in [-0.15, -0.1) is 0 Å². The molecule has 1 aromatic rings. The lowest BCUT2D eigenvalue weighted by Gasteiger charge is -2.10. The number of benzene rings is 1. The zero-order chi connectivity index (χ0) is 12.0. The Balaban J connectivity index is 2.68. The minimum atomic E-state index is 0.726. The summed E-state index contributed by atoms with van der Waals surface area (Å²) in [4.78, 5) is 4.04. The molecule has 0 atom stereocenters. The fourth-order valence-electron chi connectivity index (χ4n) is 1.44. The van der Waals surface area contributed by atoms with Crippen molar-refractivity contribution in [2.45, 2.75) is 13.5 Å². The maximum absolute atomic E-state index is 5.27. The van der Waals surface area contributed by atoms with E-state index in [4.69, 9.17) is 4.74 Å². The van der Waals surface area contributed by atoms with Crippen molar-refractivity contribution in [3.63, 3.8) is 0 Å². The van der Waals surface area contributed by atoms with Gasteiger partial charge < -0.3 is 15.4 Å². The first-order valence-electron chi connectivity index (χ1n) is 5.23. The summed E-state index contributed by atoms with van der Waals surface area (Å²) in [6.07, 6.45) is 0. The van der Waals surface area contributed by atoms with Crippen LogP contribution in [-0.2, 0) is 6.54 Å². The van der Waals surface area contributed by atoms with Crippen LogP contribution in [0.2, 0.25) is 0 Å². The largest absolute Gasteiger partial charge is 0.496 e. The van der Waals surface area contributed by atoms with Crippen LogP contribution in [0.25, 0.3) is 0 Å². The summed E-state index contributed by atoms with van der Waals surface area (Å²) in [6, 6.07) is 6.16. The standard InChI is InChI=1S/C12H19N3O/c1-9-5-6-10(7-11(9)16-4)8-15-12(13-2)14-3/h5-7H,8H2,1-4H3,(H2,13,14,15). The van der Waals surface area contributed by atoms with E-state index in [0.717, 1.165) is 23.8 Å². The molecule has 0 fully saturated rings. The molecule has 0 heterocycles. The average Bonchev–Trinajstić information content (AvgIpc) is 2.32. The Bertz CT molecular complexity index is 375. The predicted molar refractivity (Wildman–Crippen MR) is 67.0 cm³/mol. The molecule has 16 heavy (non-hydrogen) atoms. The van der Waals surface area contributed by atoms with Gasteiger partial charge in [0.2, 0.25) is 0 Å². The number of nitrogens with zero attached hydrogens (tertiary/aromatic N) is 1. The fourth-order valence-corrected chi connectivity index (χ4v) is 1.44. The van der Waals surface area contributed by atoms with Crippen molar-refractivity contribution in [2.24, 2.45) is 4.99 Å². The first kappa shape index (κ1) is 12.4. The fraction of sp³-hybridized carbons (Fsp3) is 0.417. The number of aliphatic imine (C=N–C) groups is 1. The van der Waals surface area contributed by atoms with Crippen LogP contribution in [-0.4, -0.2) is 27.2 Å². The Morgan fingerprint density at radius 1 is 1.44 bits per heavy atom. The number of aryl methyl sites for hydroxylation is 1. The van der Waals surface area contributed by atoms with E-state index in [1.165, 1.54) is 5.56 Å². The number of rotatable bonds is 3. The van der Waals surface area contributed by atoms with Gasteiger partial charge in [0.05, 0.1) is 7.11 Å². The third-order valence-electron chi connectivity index (χ3n) is 2.39. The number of nitrogens with one attached hydrogen (secondary N) is 2. The molecule has 0 aliphatic carbocycles. The minimum Gasteiger partial charge on any atom is -0.496 e. The first-order chi connectivity index (χ1) is 7.71. The highest BCUT2D eigenvalue weighted by Crippen LogP contribution is 2.18. The smallest absolute Gasteiger partial charge is 0.190 e. The molecule has 0 saturated heterocycles. The summed E-state index contributed by atoms with van der Waals surface area (Å²) in [5.41, 5.74) is 2.31. The van der Waals surface area contributed by atoms with Crippen molar-refractivity contribution >= 4 is 5.96 Å². The van der Waals surface area contributed by atoms with Gasteiger partial charge >= 0.3 is 0 Å². The van der Waals surface area contributed by atoms with Crippen LogP contribution in [0.4, 0.5) is 0 Å². The first-order valence-corrected chi connectivity index (χ1v) is 5.23. The molecule has 2 N–H and O–H groups in total. The number of guanidine groups is 1. The van der Waals surface area contributed by atoms with Gasteiger partial charge in [-0.2, -0.15) is 0 Å².